The van der Waals surface area contributed by atoms with Gasteiger partial charge < -0.3 is 15.6 Å². The Kier molecular flexibility index (Phi) is 6.33. The van der Waals surface area contributed by atoms with Crippen molar-refractivity contribution in [2.75, 3.05) is 13.2 Å². The summed E-state index contributed by atoms with van der Waals surface area (Å²) in [5.41, 5.74) is 5.35. The number of aryl methyl sites for hydroxylation is 1. The molecule has 5 heteroatoms. The Hall–Kier alpha value is -1.69. The van der Waals surface area contributed by atoms with Gasteiger partial charge in [-0.25, -0.2) is 0 Å². The predicted octanol–water partition coefficient (Wildman–Crippen LogP) is 3.04. The maximum absolute atomic E-state index is 12.2. The molecule has 0 radical (unpaired) electrons. The quantitative estimate of drug-likeness (QED) is 0.692. The first-order valence-electron chi connectivity index (χ1n) is 7.70. The van der Waals surface area contributed by atoms with Crippen molar-refractivity contribution in [3.05, 3.63) is 52.2 Å². The first-order chi connectivity index (χ1) is 11.0. The van der Waals surface area contributed by atoms with Gasteiger partial charge in [-0.3, -0.25) is 4.79 Å². The number of hydrogen-bond donors (Lipinski definition) is 2. The minimum Gasteiger partial charge on any atom is -0.493 e. The minimum absolute atomic E-state index is 0.0407. The number of hydrogen-bond acceptors (Lipinski definition) is 5. The molecule has 0 aliphatic heterocycles. The summed E-state index contributed by atoms with van der Waals surface area (Å²) in [6.45, 7) is 2.16. The van der Waals surface area contributed by atoms with Crippen LogP contribution in [0.5, 0.6) is 5.75 Å². The van der Waals surface area contributed by atoms with Crippen LogP contribution in [0.1, 0.15) is 34.3 Å². The van der Waals surface area contributed by atoms with E-state index in [1.807, 2.05) is 49.4 Å². The van der Waals surface area contributed by atoms with Gasteiger partial charge in [-0.05, 0) is 44.0 Å². The number of carbonyl (C=O) groups is 1. The van der Waals surface area contributed by atoms with E-state index in [9.17, 15) is 4.79 Å². The number of rotatable bonds is 9. The summed E-state index contributed by atoms with van der Waals surface area (Å²) in [5.74, 6) is 0.869. The second kappa shape index (κ2) is 8.24. The van der Waals surface area contributed by atoms with E-state index in [4.69, 9.17) is 15.6 Å². The Balaban J connectivity index is 1.79. The highest BCUT2D eigenvalue weighted by atomic mass is 32.1. The number of Topliss-reactive ketones (excluding diaryl/α,β-unsaturated/α-hetero) is 1. The van der Waals surface area contributed by atoms with Gasteiger partial charge >= 0.3 is 0 Å². The molecule has 1 aromatic heterocycles. The summed E-state index contributed by atoms with van der Waals surface area (Å²) in [5, 5.41) is 9.17. The second-order valence-corrected chi connectivity index (χ2v) is 7.08. The van der Waals surface area contributed by atoms with Crippen molar-refractivity contribution in [3.63, 3.8) is 0 Å². The first kappa shape index (κ1) is 17.7. The number of aliphatic hydroxyl groups excluding tert-OH is 1. The fourth-order valence-electron chi connectivity index (χ4n) is 2.05. The van der Waals surface area contributed by atoms with Crippen molar-refractivity contribution in [2.24, 2.45) is 5.73 Å². The smallest absolute Gasteiger partial charge is 0.176 e. The van der Waals surface area contributed by atoms with E-state index in [0.29, 0.717) is 19.4 Å². The lowest BCUT2D eigenvalue weighted by atomic mass is 9.98. The van der Waals surface area contributed by atoms with Crippen LogP contribution in [0.25, 0.3) is 0 Å². The molecule has 4 nitrogen and oxygen atoms in total. The van der Waals surface area contributed by atoms with E-state index in [0.717, 1.165) is 21.9 Å². The number of ketones is 1. The Morgan fingerprint density at radius 1 is 1.26 bits per heavy atom. The maximum Gasteiger partial charge on any atom is 0.176 e. The molecule has 0 fully saturated rings. The van der Waals surface area contributed by atoms with Gasteiger partial charge in [-0.15, -0.1) is 11.3 Å². The summed E-state index contributed by atoms with van der Waals surface area (Å²) in [7, 11) is 0. The van der Waals surface area contributed by atoms with E-state index >= 15 is 0 Å². The molecule has 0 aliphatic carbocycles. The molecule has 124 valence electrons. The molecule has 1 unspecified atom stereocenters. The average Bonchev–Trinajstić information content (AvgIpc) is 3.03. The van der Waals surface area contributed by atoms with Crippen molar-refractivity contribution in [3.8, 4) is 5.75 Å². The zero-order valence-electron chi connectivity index (χ0n) is 13.3. The van der Waals surface area contributed by atoms with Crippen LogP contribution in [0.4, 0.5) is 0 Å². The van der Waals surface area contributed by atoms with E-state index in [2.05, 4.69) is 0 Å². The molecule has 0 bridgehead atoms. The molecule has 1 aromatic carbocycles. The van der Waals surface area contributed by atoms with Crippen LogP contribution in [0.3, 0.4) is 0 Å². The number of ether oxygens (including phenoxy) is 1. The van der Waals surface area contributed by atoms with E-state index in [1.54, 1.807) is 0 Å². The topological polar surface area (TPSA) is 72.5 Å². The van der Waals surface area contributed by atoms with Gasteiger partial charge in [-0.2, -0.15) is 0 Å². The molecule has 0 spiro atoms. The van der Waals surface area contributed by atoms with Gasteiger partial charge in [0.05, 0.1) is 18.1 Å². The van der Waals surface area contributed by atoms with Gasteiger partial charge in [0.2, 0.25) is 0 Å². The van der Waals surface area contributed by atoms with Crippen molar-refractivity contribution in [1.29, 1.82) is 0 Å². The lowest BCUT2D eigenvalue weighted by Crippen LogP contribution is -2.40. The van der Waals surface area contributed by atoms with Crippen LogP contribution >= 0.6 is 11.3 Å². The van der Waals surface area contributed by atoms with Gasteiger partial charge in [0.25, 0.3) is 0 Å². The highest BCUT2D eigenvalue weighted by molar-refractivity contribution is 7.14. The van der Waals surface area contributed by atoms with Gasteiger partial charge in [-0.1, -0.05) is 18.2 Å². The van der Waals surface area contributed by atoms with Crippen LogP contribution in [-0.4, -0.2) is 29.6 Å². The second-order valence-electron chi connectivity index (χ2n) is 5.91. The van der Waals surface area contributed by atoms with Crippen molar-refractivity contribution in [2.45, 2.75) is 31.7 Å². The Labute approximate surface area is 140 Å². The molecule has 2 rings (SSSR count). The molecule has 0 amide bonds. The molecular formula is C18H23NO3S. The molecule has 1 atom stereocenters. The zero-order chi connectivity index (χ0) is 16.7. The van der Waals surface area contributed by atoms with Crippen molar-refractivity contribution >= 4 is 17.1 Å². The minimum atomic E-state index is -0.572. The molecule has 1 heterocycles. The van der Waals surface area contributed by atoms with Gasteiger partial charge in [0, 0.05) is 16.8 Å². The molecule has 3 N–H and O–H groups in total. The zero-order valence-corrected chi connectivity index (χ0v) is 14.1. The van der Waals surface area contributed by atoms with Crippen LogP contribution in [0.2, 0.25) is 0 Å². The largest absolute Gasteiger partial charge is 0.493 e. The molecule has 0 aliphatic rings. The molecule has 0 saturated heterocycles. The van der Waals surface area contributed by atoms with Crippen LogP contribution in [-0.2, 0) is 6.42 Å². The summed E-state index contributed by atoms with van der Waals surface area (Å²) in [6.07, 6.45) is 1.82. The number of carbonyl (C=O) groups excluding carboxylic acids is 1. The summed E-state index contributed by atoms with van der Waals surface area (Å²) in [6, 6.07) is 13.3. The third-order valence-corrected chi connectivity index (χ3v) is 4.77. The standard InChI is InChI=1S/C18H23NO3S/c1-18(19,13-20)11-9-15-7-8-17(23-15)16(21)10-12-22-14-5-3-2-4-6-14/h2-8,20H,9-13,19H2,1H3. The van der Waals surface area contributed by atoms with Crippen LogP contribution < -0.4 is 10.5 Å². The predicted molar refractivity (Wildman–Crippen MR) is 93.2 cm³/mol. The highest BCUT2D eigenvalue weighted by Crippen LogP contribution is 2.21. The van der Waals surface area contributed by atoms with E-state index in [1.165, 1.54) is 11.3 Å². The fraction of sp³-hybridized carbons (Fsp3) is 0.389. The number of benzene rings is 1. The normalized spacial score (nSPS) is 13.5. The molecule has 23 heavy (non-hydrogen) atoms. The molecule has 2 aromatic rings. The summed E-state index contributed by atoms with van der Waals surface area (Å²) < 4.78 is 5.55. The lowest BCUT2D eigenvalue weighted by molar-refractivity contribution is 0.0966. The third-order valence-electron chi connectivity index (χ3n) is 3.58. The van der Waals surface area contributed by atoms with E-state index < -0.39 is 5.54 Å². The number of thiophene rings is 1. The third kappa shape index (κ3) is 5.78. The number of nitrogens with two attached hydrogens (primary N) is 1. The van der Waals surface area contributed by atoms with Gasteiger partial charge in [0.15, 0.2) is 5.78 Å². The SMILES string of the molecule is CC(N)(CO)CCc1ccc(C(=O)CCOc2ccccc2)s1. The Morgan fingerprint density at radius 2 is 2.00 bits per heavy atom. The Bertz CT molecular complexity index is 622. The van der Waals surface area contributed by atoms with Gasteiger partial charge in [0.1, 0.15) is 5.75 Å². The first-order valence-corrected chi connectivity index (χ1v) is 8.51. The van der Waals surface area contributed by atoms with E-state index in [-0.39, 0.29) is 12.4 Å². The number of aliphatic hydroxyl groups is 1. The summed E-state index contributed by atoms with van der Waals surface area (Å²) in [4.78, 5) is 14.0. The average molecular weight is 333 g/mol. The lowest BCUT2D eigenvalue weighted by Gasteiger charge is -2.20. The number of para-hydroxylation sites is 1. The van der Waals surface area contributed by atoms with Crippen LogP contribution in [0.15, 0.2) is 42.5 Å². The maximum atomic E-state index is 12.2. The van der Waals surface area contributed by atoms with Crippen molar-refractivity contribution < 1.29 is 14.6 Å². The fourth-order valence-corrected chi connectivity index (χ4v) is 3.03. The van der Waals surface area contributed by atoms with Crippen molar-refractivity contribution in [1.82, 2.24) is 0 Å². The molecular weight excluding hydrogens is 310 g/mol. The monoisotopic (exact) mass is 333 g/mol. The molecule has 0 saturated carbocycles. The Morgan fingerprint density at radius 3 is 2.70 bits per heavy atom. The summed E-state index contributed by atoms with van der Waals surface area (Å²) >= 11 is 1.50. The highest BCUT2D eigenvalue weighted by Gasteiger charge is 2.17. The van der Waals surface area contributed by atoms with Crippen LogP contribution in [0, 0.1) is 0 Å².